The molecule has 2 N–H and O–H groups in total. The fourth-order valence-electron chi connectivity index (χ4n) is 1.69. The van der Waals surface area contributed by atoms with E-state index in [-0.39, 0.29) is 10.6 Å². The maximum Gasteiger partial charge on any atom is 0.294 e. The fourth-order valence-corrected chi connectivity index (χ4v) is 2.93. The quantitative estimate of drug-likeness (QED) is 0.687. The number of rotatable bonds is 4. The summed E-state index contributed by atoms with van der Waals surface area (Å²) >= 11 is 1.42. The largest absolute Gasteiger partial charge is 0.331 e. The van der Waals surface area contributed by atoms with Gasteiger partial charge in [-0.3, -0.25) is 10.1 Å². The summed E-state index contributed by atoms with van der Waals surface area (Å²) in [6.45, 7) is 0. The van der Waals surface area contributed by atoms with Gasteiger partial charge in [-0.25, -0.2) is 13.6 Å². The number of thiophene rings is 1. The molecule has 0 aliphatic carbocycles. The minimum Gasteiger partial charge on any atom is -0.331 e. The molecule has 0 saturated heterocycles. The van der Waals surface area contributed by atoms with Crippen LogP contribution in [0.4, 0.5) is 16.4 Å². The Bertz CT molecular complexity index is 741. The van der Waals surface area contributed by atoms with E-state index < -0.39 is 14.9 Å². The highest BCUT2D eigenvalue weighted by molar-refractivity contribution is 7.89. The molecule has 2 rings (SSSR count). The average molecular weight is 313 g/mol. The number of sulfonamides is 1. The molecule has 106 valence electrons. The first-order valence-corrected chi connectivity index (χ1v) is 7.82. The lowest BCUT2D eigenvalue weighted by Gasteiger charge is -2.17. The van der Waals surface area contributed by atoms with Gasteiger partial charge in [0, 0.05) is 13.1 Å². The lowest BCUT2D eigenvalue weighted by molar-refractivity contribution is -0.384. The molecule has 0 atom stereocenters. The Hall–Kier alpha value is -1.97. The predicted octanol–water partition coefficient (Wildman–Crippen LogP) is 2.07. The number of primary sulfonamides is 1. The van der Waals surface area contributed by atoms with Crippen molar-refractivity contribution in [2.24, 2.45) is 5.14 Å². The summed E-state index contributed by atoms with van der Waals surface area (Å²) in [7, 11) is -2.30. The molecule has 0 unspecified atom stereocenters. The minimum atomic E-state index is -3.98. The fraction of sp³-hybridized carbons (Fsp3) is 0.0909. The van der Waals surface area contributed by atoms with Gasteiger partial charge < -0.3 is 4.90 Å². The summed E-state index contributed by atoms with van der Waals surface area (Å²) in [5.41, 5.74) is -0.0164. The van der Waals surface area contributed by atoms with Crippen LogP contribution in [0.25, 0.3) is 0 Å². The second-order valence-electron chi connectivity index (χ2n) is 3.96. The molecule has 9 heteroatoms. The van der Waals surface area contributed by atoms with Crippen LogP contribution in [0.15, 0.2) is 40.6 Å². The van der Waals surface area contributed by atoms with Crippen molar-refractivity contribution in [2.45, 2.75) is 4.90 Å². The molecule has 7 nitrogen and oxygen atoms in total. The summed E-state index contributed by atoms with van der Waals surface area (Å²) < 4.78 is 22.5. The Morgan fingerprint density at radius 2 is 2.05 bits per heavy atom. The van der Waals surface area contributed by atoms with Crippen molar-refractivity contribution >= 4 is 37.7 Å². The van der Waals surface area contributed by atoms with Gasteiger partial charge in [0.15, 0.2) is 0 Å². The predicted molar refractivity (Wildman–Crippen MR) is 76.9 cm³/mol. The first kappa shape index (κ1) is 14.4. The number of nitro groups is 1. The van der Waals surface area contributed by atoms with Gasteiger partial charge in [-0.15, -0.1) is 11.3 Å². The number of nitro benzene ring substituents is 1. The molecule has 0 saturated carbocycles. The third-order valence-corrected chi connectivity index (χ3v) is 4.53. The van der Waals surface area contributed by atoms with E-state index in [4.69, 9.17) is 5.14 Å². The smallest absolute Gasteiger partial charge is 0.294 e. The zero-order valence-electron chi connectivity index (χ0n) is 10.4. The molecule has 1 heterocycles. The Kier molecular flexibility index (Phi) is 3.75. The zero-order valence-corrected chi connectivity index (χ0v) is 12.0. The lowest BCUT2D eigenvalue weighted by atomic mass is 10.2. The van der Waals surface area contributed by atoms with Crippen LogP contribution in [0.2, 0.25) is 0 Å². The van der Waals surface area contributed by atoms with Crippen molar-refractivity contribution < 1.29 is 13.3 Å². The number of nitrogens with two attached hydrogens (primary N) is 1. The van der Waals surface area contributed by atoms with Gasteiger partial charge in [-0.1, -0.05) is 0 Å². The molecule has 0 fully saturated rings. The maximum absolute atomic E-state index is 11.3. The molecule has 0 aliphatic rings. The average Bonchev–Trinajstić information content (AvgIpc) is 2.89. The van der Waals surface area contributed by atoms with Crippen LogP contribution in [-0.2, 0) is 10.0 Å². The van der Waals surface area contributed by atoms with Crippen LogP contribution in [0.1, 0.15) is 0 Å². The summed E-state index contributed by atoms with van der Waals surface area (Å²) in [5, 5.41) is 18.8. The zero-order chi connectivity index (χ0) is 14.9. The van der Waals surface area contributed by atoms with Crippen LogP contribution in [0.5, 0.6) is 0 Å². The molecule has 0 aliphatic heterocycles. The van der Waals surface area contributed by atoms with Crippen LogP contribution < -0.4 is 10.0 Å². The first-order chi connectivity index (χ1) is 9.30. The SMILES string of the molecule is CN(c1cccs1)c1ccc(S(N)(=O)=O)cc1[N+](=O)[O-]. The monoisotopic (exact) mass is 313 g/mol. The molecular weight excluding hydrogens is 302 g/mol. The molecule has 0 bridgehead atoms. The van der Waals surface area contributed by atoms with E-state index >= 15 is 0 Å². The molecule has 1 aromatic carbocycles. The van der Waals surface area contributed by atoms with Crippen molar-refractivity contribution in [1.29, 1.82) is 0 Å². The Morgan fingerprint density at radius 1 is 1.35 bits per heavy atom. The first-order valence-electron chi connectivity index (χ1n) is 5.39. The van der Waals surface area contributed by atoms with Crippen molar-refractivity contribution in [3.05, 3.63) is 45.8 Å². The highest BCUT2D eigenvalue weighted by Gasteiger charge is 2.22. The molecule has 0 amide bonds. The van der Waals surface area contributed by atoms with Gasteiger partial charge in [0.1, 0.15) is 5.69 Å². The molecule has 2 aromatic rings. The van der Waals surface area contributed by atoms with Crippen LogP contribution >= 0.6 is 11.3 Å². The normalized spacial score (nSPS) is 11.3. The van der Waals surface area contributed by atoms with E-state index in [1.807, 2.05) is 17.5 Å². The van der Waals surface area contributed by atoms with Crippen molar-refractivity contribution in [3.8, 4) is 0 Å². The summed E-state index contributed by atoms with van der Waals surface area (Å²) in [6.07, 6.45) is 0. The van der Waals surface area contributed by atoms with Gasteiger partial charge in [-0.05, 0) is 29.6 Å². The summed E-state index contributed by atoms with van der Waals surface area (Å²) in [4.78, 5) is 11.8. The topological polar surface area (TPSA) is 107 Å². The van der Waals surface area contributed by atoms with Crippen LogP contribution in [-0.4, -0.2) is 20.4 Å². The van der Waals surface area contributed by atoms with Crippen LogP contribution in [0, 0.1) is 10.1 Å². The molecule has 20 heavy (non-hydrogen) atoms. The molecular formula is C11H11N3O4S2. The second kappa shape index (κ2) is 5.19. The van der Waals surface area contributed by atoms with E-state index in [1.54, 1.807) is 11.9 Å². The van der Waals surface area contributed by atoms with E-state index in [2.05, 4.69) is 0 Å². The molecule has 1 aromatic heterocycles. The third-order valence-electron chi connectivity index (χ3n) is 2.67. The molecule has 0 spiro atoms. The van der Waals surface area contributed by atoms with Crippen LogP contribution in [0.3, 0.4) is 0 Å². The number of hydrogen-bond donors (Lipinski definition) is 1. The minimum absolute atomic E-state index is 0.285. The van der Waals surface area contributed by atoms with Crippen molar-refractivity contribution in [1.82, 2.24) is 0 Å². The van der Waals surface area contributed by atoms with E-state index in [0.29, 0.717) is 5.69 Å². The summed E-state index contributed by atoms with van der Waals surface area (Å²) in [6, 6.07) is 7.22. The number of nitrogens with zero attached hydrogens (tertiary/aromatic N) is 2. The van der Waals surface area contributed by atoms with Crippen molar-refractivity contribution in [2.75, 3.05) is 11.9 Å². The van der Waals surface area contributed by atoms with Gasteiger partial charge in [0.05, 0.1) is 14.8 Å². The van der Waals surface area contributed by atoms with Gasteiger partial charge in [-0.2, -0.15) is 0 Å². The lowest BCUT2D eigenvalue weighted by Crippen LogP contribution is -2.14. The van der Waals surface area contributed by atoms with E-state index in [0.717, 1.165) is 11.1 Å². The Balaban J connectivity index is 2.57. The van der Waals surface area contributed by atoms with Gasteiger partial charge in [0.25, 0.3) is 5.69 Å². The summed E-state index contributed by atoms with van der Waals surface area (Å²) in [5.74, 6) is 0. The highest BCUT2D eigenvalue weighted by Crippen LogP contribution is 2.35. The Morgan fingerprint density at radius 3 is 2.55 bits per heavy atom. The number of hydrogen-bond acceptors (Lipinski definition) is 6. The maximum atomic E-state index is 11.3. The third kappa shape index (κ3) is 2.79. The van der Waals surface area contributed by atoms with Gasteiger partial charge >= 0.3 is 0 Å². The van der Waals surface area contributed by atoms with E-state index in [9.17, 15) is 18.5 Å². The van der Waals surface area contributed by atoms with Gasteiger partial charge in [0.2, 0.25) is 10.0 Å². The molecule has 0 radical (unpaired) electrons. The Labute approximate surface area is 119 Å². The standard InChI is InChI=1S/C11H11N3O4S2/c1-13(11-3-2-6-19-11)9-5-4-8(20(12,17)18)7-10(9)14(15)16/h2-7H,1H3,(H2,12,17,18). The van der Waals surface area contributed by atoms with E-state index in [1.165, 1.54) is 23.5 Å². The second-order valence-corrected chi connectivity index (χ2v) is 6.45. The highest BCUT2D eigenvalue weighted by atomic mass is 32.2. The number of anilines is 2. The van der Waals surface area contributed by atoms with Crippen molar-refractivity contribution in [3.63, 3.8) is 0 Å². The number of benzene rings is 1.